The van der Waals surface area contributed by atoms with Crippen LogP contribution in [0.5, 0.6) is 11.5 Å². The molecular formula is C18H19N3O4. The lowest BCUT2D eigenvalue weighted by molar-refractivity contribution is -0.121. The molecule has 130 valence electrons. The molecule has 0 bridgehead atoms. The minimum Gasteiger partial charge on any atom is -0.497 e. The minimum atomic E-state index is -0.538. The van der Waals surface area contributed by atoms with E-state index in [9.17, 15) is 9.59 Å². The number of nitrogens with one attached hydrogen (secondary N) is 1. The number of carbonyl (C=O) groups excluding carboxylic acids is 2. The normalized spacial score (nSPS) is 10.4. The van der Waals surface area contributed by atoms with Gasteiger partial charge in [-0.2, -0.15) is 5.10 Å². The first-order valence-corrected chi connectivity index (χ1v) is 7.53. The topological polar surface area (TPSA) is 103 Å². The van der Waals surface area contributed by atoms with Crippen LogP contribution in [-0.2, 0) is 16.0 Å². The molecule has 0 radical (unpaired) electrons. The van der Waals surface area contributed by atoms with Crippen molar-refractivity contribution in [2.45, 2.75) is 6.42 Å². The van der Waals surface area contributed by atoms with Gasteiger partial charge in [-0.05, 0) is 47.5 Å². The molecule has 0 unspecified atom stereocenters. The van der Waals surface area contributed by atoms with E-state index < -0.39 is 5.91 Å². The van der Waals surface area contributed by atoms with Gasteiger partial charge in [-0.1, -0.05) is 12.1 Å². The largest absolute Gasteiger partial charge is 0.497 e. The van der Waals surface area contributed by atoms with E-state index in [1.54, 1.807) is 37.4 Å². The molecule has 2 aromatic carbocycles. The molecule has 0 aliphatic rings. The maximum atomic E-state index is 11.9. The summed E-state index contributed by atoms with van der Waals surface area (Å²) in [7, 11) is 1.58. The highest BCUT2D eigenvalue weighted by Gasteiger charge is 2.03. The van der Waals surface area contributed by atoms with E-state index >= 15 is 0 Å². The zero-order valence-corrected chi connectivity index (χ0v) is 13.8. The van der Waals surface area contributed by atoms with Crippen LogP contribution < -0.4 is 20.6 Å². The Morgan fingerprint density at radius 3 is 2.60 bits per heavy atom. The summed E-state index contributed by atoms with van der Waals surface area (Å²) in [6.45, 7) is -0.173. The molecule has 7 heteroatoms. The maximum absolute atomic E-state index is 11.9. The van der Waals surface area contributed by atoms with Gasteiger partial charge in [-0.15, -0.1) is 0 Å². The lowest BCUT2D eigenvalue weighted by Crippen LogP contribution is -2.20. The Morgan fingerprint density at radius 2 is 1.92 bits per heavy atom. The molecule has 2 amide bonds. The van der Waals surface area contributed by atoms with Crippen molar-refractivity contribution in [1.82, 2.24) is 5.43 Å². The van der Waals surface area contributed by atoms with E-state index in [0.29, 0.717) is 11.5 Å². The van der Waals surface area contributed by atoms with Gasteiger partial charge in [0, 0.05) is 0 Å². The quantitative estimate of drug-likeness (QED) is 0.557. The van der Waals surface area contributed by atoms with E-state index in [2.05, 4.69) is 10.5 Å². The predicted molar refractivity (Wildman–Crippen MR) is 93.6 cm³/mol. The number of methoxy groups -OCH3 is 1. The number of hydrogen-bond acceptors (Lipinski definition) is 5. The van der Waals surface area contributed by atoms with Crippen LogP contribution in [-0.4, -0.2) is 31.7 Å². The summed E-state index contributed by atoms with van der Waals surface area (Å²) in [4.78, 5) is 22.5. The minimum absolute atomic E-state index is 0.173. The van der Waals surface area contributed by atoms with Gasteiger partial charge in [0.1, 0.15) is 11.5 Å². The van der Waals surface area contributed by atoms with Crippen molar-refractivity contribution in [3.63, 3.8) is 0 Å². The summed E-state index contributed by atoms with van der Waals surface area (Å²) in [6, 6.07) is 14.1. The Balaban J connectivity index is 1.83. The van der Waals surface area contributed by atoms with Crippen molar-refractivity contribution in [2.75, 3.05) is 13.7 Å². The molecule has 3 N–H and O–H groups in total. The van der Waals surface area contributed by atoms with Gasteiger partial charge >= 0.3 is 0 Å². The number of rotatable bonds is 8. The van der Waals surface area contributed by atoms with Gasteiger partial charge in [0.25, 0.3) is 5.91 Å². The molecule has 25 heavy (non-hydrogen) atoms. The molecule has 0 atom stereocenters. The second kappa shape index (κ2) is 9.07. The molecule has 0 heterocycles. The Hall–Kier alpha value is -3.35. The fourth-order valence-electron chi connectivity index (χ4n) is 1.99. The van der Waals surface area contributed by atoms with Crippen LogP contribution in [0.4, 0.5) is 0 Å². The van der Waals surface area contributed by atoms with Crippen LogP contribution in [0.15, 0.2) is 53.6 Å². The van der Waals surface area contributed by atoms with Gasteiger partial charge in [0.15, 0.2) is 6.61 Å². The van der Waals surface area contributed by atoms with Gasteiger partial charge in [-0.3, -0.25) is 9.59 Å². The Labute approximate surface area is 145 Å². The van der Waals surface area contributed by atoms with E-state index in [0.717, 1.165) is 11.1 Å². The number of benzene rings is 2. The highest BCUT2D eigenvalue weighted by atomic mass is 16.5. The smallest absolute Gasteiger partial charge is 0.255 e. The molecule has 0 saturated carbocycles. The lowest BCUT2D eigenvalue weighted by Gasteiger charge is -2.04. The summed E-state index contributed by atoms with van der Waals surface area (Å²) >= 11 is 0. The van der Waals surface area contributed by atoms with E-state index in [1.165, 1.54) is 6.21 Å². The molecule has 0 aromatic heterocycles. The molecule has 0 aliphatic heterocycles. The van der Waals surface area contributed by atoms with Gasteiger partial charge < -0.3 is 15.2 Å². The number of nitrogens with zero attached hydrogens (tertiary/aromatic N) is 1. The van der Waals surface area contributed by atoms with Crippen LogP contribution in [0, 0.1) is 0 Å². The number of nitrogens with two attached hydrogens (primary N) is 1. The number of hydrogen-bond donors (Lipinski definition) is 2. The highest BCUT2D eigenvalue weighted by Crippen LogP contribution is 2.13. The van der Waals surface area contributed by atoms with Crippen molar-refractivity contribution in [2.24, 2.45) is 10.8 Å². The molecule has 0 fully saturated rings. The summed E-state index contributed by atoms with van der Waals surface area (Å²) < 4.78 is 10.3. The van der Waals surface area contributed by atoms with Crippen LogP contribution in [0.3, 0.4) is 0 Å². The average Bonchev–Trinajstić information content (AvgIpc) is 2.61. The highest BCUT2D eigenvalue weighted by molar-refractivity contribution is 5.83. The van der Waals surface area contributed by atoms with Crippen LogP contribution in [0.1, 0.15) is 11.1 Å². The first kappa shape index (κ1) is 18.0. The molecule has 0 spiro atoms. The molecule has 0 aliphatic carbocycles. The van der Waals surface area contributed by atoms with Crippen LogP contribution in [0.2, 0.25) is 0 Å². The van der Waals surface area contributed by atoms with Crippen molar-refractivity contribution in [1.29, 1.82) is 0 Å². The monoisotopic (exact) mass is 341 g/mol. The fourth-order valence-corrected chi connectivity index (χ4v) is 1.99. The molecule has 2 rings (SSSR count). The van der Waals surface area contributed by atoms with Gasteiger partial charge in [0.2, 0.25) is 5.91 Å². The van der Waals surface area contributed by atoms with Crippen LogP contribution >= 0.6 is 0 Å². The first-order chi connectivity index (χ1) is 12.1. The van der Waals surface area contributed by atoms with E-state index in [4.69, 9.17) is 15.2 Å². The summed E-state index contributed by atoms with van der Waals surface area (Å²) in [5.41, 5.74) is 9.08. The number of amides is 2. The fraction of sp³-hybridized carbons (Fsp3) is 0.167. The summed E-state index contributed by atoms with van der Waals surface area (Å²) in [5.74, 6) is 0.459. The zero-order chi connectivity index (χ0) is 18.1. The van der Waals surface area contributed by atoms with Crippen molar-refractivity contribution >= 4 is 18.0 Å². The number of hydrazone groups is 1. The van der Waals surface area contributed by atoms with Crippen molar-refractivity contribution in [3.8, 4) is 11.5 Å². The Kier molecular flexibility index (Phi) is 6.53. The summed E-state index contributed by atoms with van der Waals surface area (Å²) in [5, 5.41) is 3.91. The Morgan fingerprint density at radius 1 is 1.16 bits per heavy atom. The maximum Gasteiger partial charge on any atom is 0.255 e. The predicted octanol–water partition coefficient (Wildman–Crippen LogP) is 1.25. The second-order valence-electron chi connectivity index (χ2n) is 5.15. The van der Waals surface area contributed by atoms with Crippen molar-refractivity contribution in [3.05, 3.63) is 59.7 Å². The third-order valence-corrected chi connectivity index (χ3v) is 3.16. The third-order valence-electron chi connectivity index (χ3n) is 3.16. The molecule has 7 nitrogen and oxygen atoms in total. The zero-order valence-electron chi connectivity index (χ0n) is 13.8. The average molecular weight is 341 g/mol. The first-order valence-electron chi connectivity index (χ1n) is 7.53. The second-order valence-corrected chi connectivity index (χ2v) is 5.15. The standard InChI is InChI=1S/C18H19N3O4/c1-24-16-4-2-3-14(9-16)10-18(23)21-20-11-13-5-7-15(8-6-13)25-12-17(19)22/h2-9,11H,10,12H2,1H3,(H2,19,22)(H,21,23)/b20-11+. The Bertz CT molecular complexity index is 757. The molecular weight excluding hydrogens is 322 g/mol. The van der Waals surface area contributed by atoms with E-state index in [-0.39, 0.29) is 18.9 Å². The van der Waals surface area contributed by atoms with Crippen molar-refractivity contribution < 1.29 is 19.1 Å². The molecule has 0 saturated heterocycles. The SMILES string of the molecule is COc1cccc(CC(=O)N/N=C/c2ccc(OCC(N)=O)cc2)c1. The van der Waals surface area contributed by atoms with Crippen LogP contribution in [0.25, 0.3) is 0 Å². The number of ether oxygens (including phenoxy) is 2. The van der Waals surface area contributed by atoms with Gasteiger partial charge in [-0.25, -0.2) is 5.43 Å². The van der Waals surface area contributed by atoms with Gasteiger partial charge in [0.05, 0.1) is 19.7 Å². The number of primary amides is 1. The number of carbonyl (C=O) groups is 2. The molecule has 2 aromatic rings. The lowest BCUT2D eigenvalue weighted by atomic mass is 10.1. The third kappa shape index (κ3) is 6.34. The summed E-state index contributed by atoms with van der Waals surface area (Å²) in [6.07, 6.45) is 1.72. The van der Waals surface area contributed by atoms with E-state index in [1.807, 2.05) is 18.2 Å².